The van der Waals surface area contributed by atoms with Crippen LogP contribution in [0.1, 0.15) is 102 Å². The summed E-state index contributed by atoms with van der Waals surface area (Å²) in [5.74, 6) is -0.986. The summed E-state index contributed by atoms with van der Waals surface area (Å²) in [6.45, 7) is 4.95. The van der Waals surface area contributed by atoms with Gasteiger partial charge in [-0.1, -0.05) is 48.5 Å². The molecule has 6 aliphatic carbocycles. The SMILES string of the molecule is CC(C)(CNC(=O)CC1CCC2(CC1)OO[C@@]1(O2)[C@@H]2C[C@@H]3C[C@H]1C[C@@](C(=O)NCCCNC(=O)O)(C3)C2)NC(=O)OCC1c2ccccc2-c2ccccc21. The lowest BCUT2D eigenvalue weighted by molar-refractivity contribution is -0.393. The molecule has 13 nitrogen and oxygen atoms in total. The van der Waals surface area contributed by atoms with E-state index in [0.717, 1.165) is 43.2 Å². The Hall–Kier alpha value is -4.20. The maximum Gasteiger partial charge on any atom is 0.407 e. The van der Waals surface area contributed by atoms with E-state index in [1.165, 1.54) is 11.1 Å². The predicted molar refractivity (Wildman–Crippen MR) is 200 cm³/mol. The highest BCUT2D eigenvalue weighted by molar-refractivity contribution is 5.83. The van der Waals surface area contributed by atoms with Crippen molar-refractivity contribution in [2.75, 3.05) is 26.2 Å². The van der Waals surface area contributed by atoms with Crippen LogP contribution in [0.3, 0.4) is 0 Å². The van der Waals surface area contributed by atoms with Crippen LogP contribution in [-0.4, -0.2) is 72.5 Å². The molecule has 0 radical (unpaired) electrons. The molecule has 0 unspecified atom stereocenters. The molecule has 296 valence electrons. The van der Waals surface area contributed by atoms with Crippen LogP contribution < -0.4 is 21.3 Å². The molecule has 2 spiro atoms. The van der Waals surface area contributed by atoms with E-state index in [4.69, 9.17) is 24.4 Å². The van der Waals surface area contributed by atoms with E-state index in [2.05, 4.69) is 45.5 Å². The van der Waals surface area contributed by atoms with Crippen molar-refractivity contribution in [1.29, 1.82) is 0 Å². The van der Waals surface area contributed by atoms with Gasteiger partial charge in [0.05, 0.1) is 11.0 Å². The lowest BCUT2D eigenvalue weighted by atomic mass is 9.47. The monoisotopic (exact) mass is 758 g/mol. The molecule has 5 N–H and O–H groups in total. The maximum atomic E-state index is 13.5. The second-order valence-corrected chi connectivity index (χ2v) is 17.6. The zero-order valence-electron chi connectivity index (χ0n) is 31.8. The topological polar surface area (TPSA) is 174 Å². The average molecular weight is 759 g/mol. The molecule has 5 saturated carbocycles. The van der Waals surface area contributed by atoms with Gasteiger partial charge in [-0.15, -0.1) is 0 Å². The number of hydrogen-bond donors (Lipinski definition) is 5. The minimum atomic E-state index is -1.06. The second kappa shape index (κ2) is 14.7. The minimum absolute atomic E-state index is 0.0284. The number of fused-ring (bicyclic) bond motifs is 3. The molecule has 9 rings (SSSR count). The van der Waals surface area contributed by atoms with E-state index >= 15 is 0 Å². The molecular formula is C42H54N4O9. The van der Waals surface area contributed by atoms with Gasteiger partial charge in [0.2, 0.25) is 23.4 Å². The lowest BCUT2D eigenvalue weighted by Crippen LogP contribution is -2.65. The number of carbonyl (C=O) groups is 4. The van der Waals surface area contributed by atoms with Gasteiger partial charge in [-0.3, -0.25) is 9.59 Å². The highest BCUT2D eigenvalue weighted by Gasteiger charge is 2.71. The maximum absolute atomic E-state index is 13.5. The third-order valence-corrected chi connectivity index (χ3v) is 13.2. The Morgan fingerprint density at radius 1 is 0.855 bits per heavy atom. The first-order chi connectivity index (χ1) is 26.4. The van der Waals surface area contributed by atoms with Crippen LogP contribution in [0.15, 0.2) is 48.5 Å². The highest BCUT2D eigenvalue weighted by atomic mass is 17.3. The Morgan fingerprint density at radius 2 is 1.49 bits per heavy atom. The van der Waals surface area contributed by atoms with Crippen molar-refractivity contribution in [3.05, 3.63) is 59.7 Å². The van der Waals surface area contributed by atoms with Gasteiger partial charge in [-0.25, -0.2) is 9.59 Å². The lowest BCUT2D eigenvalue weighted by Gasteiger charge is -2.61. The molecule has 0 aromatic heterocycles. The number of nitrogens with one attached hydrogen (secondary N) is 4. The first-order valence-corrected chi connectivity index (χ1v) is 20.1. The summed E-state index contributed by atoms with van der Waals surface area (Å²) >= 11 is 0. The third kappa shape index (κ3) is 7.42. The van der Waals surface area contributed by atoms with E-state index in [-0.39, 0.29) is 48.6 Å². The fourth-order valence-corrected chi connectivity index (χ4v) is 10.8. The Bertz CT molecular complexity index is 1740. The Balaban J connectivity index is 0.773. The summed E-state index contributed by atoms with van der Waals surface area (Å²) in [6.07, 6.45) is 6.24. The predicted octanol–water partition coefficient (Wildman–Crippen LogP) is 5.97. The number of carbonyl (C=O) groups excluding carboxylic acids is 3. The number of hydrogen-bond acceptors (Lipinski definition) is 8. The van der Waals surface area contributed by atoms with Crippen LogP contribution in [0.5, 0.6) is 0 Å². The van der Waals surface area contributed by atoms with Crippen LogP contribution >= 0.6 is 0 Å². The van der Waals surface area contributed by atoms with E-state index in [9.17, 15) is 19.2 Å². The summed E-state index contributed by atoms with van der Waals surface area (Å²) in [5.41, 5.74) is 3.48. The molecule has 55 heavy (non-hydrogen) atoms. The van der Waals surface area contributed by atoms with Crippen molar-refractivity contribution in [2.45, 2.75) is 108 Å². The van der Waals surface area contributed by atoms with Crippen LogP contribution in [-0.2, 0) is 28.8 Å². The molecule has 4 bridgehead atoms. The summed E-state index contributed by atoms with van der Waals surface area (Å²) in [6, 6.07) is 16.4. The molecule has 2 aromatic carbocycles. The van der Waals surface area contributed by atoms with Gasteiger partial charge in [0, 0.05) is 56.7 Å². The summed E-state index contributed by atoms with van der Waals surface area (Å²) in [4.78, 5) is 62.6. The first-order valence-electron chi connectivity index (χ1n) is 20.1. The molecule has 13 heteroatoms. The average Bonchev–Trinajstić information content (AvgIpc) is 3.69. The van der Waals surface area contributed by atoms with Crippen molar-refractivity contribution in [3.8, 4) is 11.1 Å². The molecule has 1 aliphatic heterocycles. The third-order valence-electron chi connectivity index (χ3n) is 13.2. The van der Waals surface area contributed by atoms with Gasteiger partial charge in [0.25, 0.3) is 0 Å². The zero-order chi connectivity index (χ0) is 38.4. The number of alkyl carbamates (subject to hydrolysis) is 1. The summed E-state index contributed by atoms with van der Waals surface area (Å²) in [5, 5.41) is 20.2. The fraction of sp³-hybridized carbons (Fsp3) is 0.619. The smallest absolute Gasteiger partial charge is 0.407 e. The Morgan fingerprint density at radius 3 is 2.15 bits per heavy atom. The van der Waals surface area contributed by atoms with Crippen molar-refractivity contribution >= 4 is 24.0 Å². The first kappa shape index (κ1) is 37.7. The molecular weight excluding hydrogens is 704 g/mol. The Kier molecular flexibility index (Phi) is 10.1. The van der Waals surface area contributed by atoms with Gasteiger partial charge in [0.1, 0.15) is 6.61 Å². The van der Waals surface area contributed by atoms with Crippen molar-refractivity contribution < 1.29 is 43.5 Å². The standard InChI is InChI=1S/C42H54N4O9/c1-39(2,46-38(51)52-24-34-32-10-5-3-8-30(32)31-9-4-6-11-33(31)34)25-45-35(47)20-26-12-14-41(15-13-26)53-42(55-54-41)28-18-27-19-29(42)23-40(21-27,22-28)36(48)43-16-7-17-44-37(49)50/h3-6,8-11,26-29,34,44H,7,12-25H2,1-2H3,(H,43,48)(H,45,47)(H,46,51)(H,49,50)/t26?,27-,28-,29+,40-,41?,42+. The van der Waals surface area contributed by atoms with Gasteiger partial charge < -0.3 is 35.8 Å². The van der Waals surface area contributed by atoms with Crippen LogP contribution in [0.2, 0.25) is 0 Å². The van der Waals surface area contributed by atoms with Crippen molar-refractivity contribution in [1.82, 2.24) is 21.3 Å². The minimum Gasteiger partial charge on any atom is -0.465 e. The molecule has 6 fully saturated rings. The number of rotatable bonds is 12. The number of benzene rings is 2. The fourth-order valence-electron chi connectivity index (χ4n) is 10.8. The molecule has 7 aliphatic rings. The van der Waals surface area contributed by atoms with Crippen LogP contribution in [0, 0.1) is 29.1 Å². The van der Waals surface area contributed by atoms with E-state index in [0.29, 0.717) is 57.5 Å². The number of amides is 4. The van der Waals surface area contributed by atoms with Gasteiger partial charge in [-0.2, -0.15) is 9.78 Å². The molecule has 2 aromatic rings. The quantitative estimate of drug-likeness (QED) is 0.129. The van der Waals surface area contributed by atoms with E-state index < -0.39 is 34.7 Å². The highest BCUT2D eigenvalue weighted by Crippen LogP contribution is 2.67. The largest absolute Gasteiger partial charge is 0.465 e. The zero-order valence-corrected chi connectivity index (χ0v) is 31.8. The van der Waals surface area contributed by atoms with E-state index in [1.807, 2.05) is 38.1 Å². The second-order valence-electron chi connectivity index (χ2n) is 17.6. The number of carboxylic acid groups (broad SMARTS) is 1. The van der Waals surface area contributed by atoms with Crippen LogP contribution in [0.4, 0.5) is 9.59 Å². The Labute approximate surface area is 321 Å². The van der Waals surface area contributed by atoms with E-state index in [1.54, 1.807) is 0 Å². The molecule has 1 heterocycles. The molecule has 4 amide bonds. The number of ether oxygens (including phenoxy) is 2. The van der Waals surface area contributed by atoms with Crippen molar-refractivity contribution in [2.24, 2.45) is 29.1 Å². The molecule has 1 saturated heterocycles. The van der Waals surface area contributed by atoms with Crippen LogP contribution in [0.25, 0.3) is 11.1 Å². The van der Waals surface area contributed by atoms with Gasteiger partial charge in [-0.05, 0) is 99.3 Å². The summed E-state index contributed by atoms with van der Waals surface area (Å²) < 4.78 is 12.6. The summed E-state index contributed by atoms with van der Waals surface area (Å²) in [7, 11) is 0. The van der Waals surface area contributed by atoms with Gasteiger partial charge >= 0.3 is 12.2 Å². The van der Waals surface area contributed by atoms with Gasteiger partial charge in [0.15, 0.2) is 0 Å². The van der Waals surface area contributed by atoms with Crippen molar-refractivity contribution in [3.63, 3.8) is 0 Å². The normalized spacial score (nSPS) is 31.5. The molecule has 5 atom stereocenters.